The summed E-state index contributed by atoms with van der Waals surface area (Å²) in [5.41, 5.74) is 8.67. The molecule has 1 aromatic rings. The van der Waals surface area contributed by atoms with Crippen molar-refractivity contribution in [1.29, 1.82) is 0 Å². The fraction of sp³-hybridized carbons (Fsp3) is 0.533. The molecule has 4 heteroatoms. The fourth-order valence-corrected chi connectivity index (χ4v) is 2.53. The molecule has 0 unspecified atom stereocenters. The van der Waals surface area contributed by atoms with Gasteiger partial charge in [-0.05, 0) is 38.0 Å². The van der Waals surface area contributed by atoms with Crippen molar-refractivity contribution in [2.24, 2.45) is 0 Å². The van der Waals surface area contributed by atoms with Crippen LogP contribution in [0.15, 0.2) is 18.2 Å². The van der Waals surface area contributed by atoms with E-state index in [1.165, 1.54) is 0 Å². The predicted molar refractivity (Wildman–Crippen MR) is 75.9 cm³/mol. The predicted octanol–water partition coefficient (Wildman–Crippen LogP) is 1.76. The number of amides is 1. The molecule has 0 spiro atoms. The Kier molecular flexibility index (Phi) is 4.10. The van der Waals surface area contributed by atoms with Crippen molar-refractivity contribution in [2.45, 2.75) is 39.4 Å². The lowest BCUT2D eigenvalue weighted by Crippen LogP contribution is -2.48. The number of rotatable bonds is 2. The molecule has 0 radical (unpaired) electrons. The standard InChI is InChI=1S/C15H22N2O2/c1-10-4-5-13(14(16)6-10)7-15(18)17-8-11(2)19-12(3)9-17/h4-6,11-12H,7-9,16H2,1-3H3/t11-,12+. The van der Waals surface area contributed by atoms with Crippen molar-refractivity contribution >= 4 is 11.6 Å². The molecule has 1 fully saturated rings. The van der Waals surface area contributed by atoms with E-state index in [4.69, 9.17) is 10.5 Å². The SMILES string of the molecule is Cc1ccc(CC(=O)N2C[C@@H](C)O[C@@H](C)C2)c(N)c1. The summed E-state index contributed by atoms with van der Waals surface area (Å²) in [7, 11) is 0. The number of aryl methyl sites for hydroxylation is 1. The number of nitrogens with zero attached hydrogens (tertiary/aromatic N) is 1. The average molecular weight is 262 g/mol. The molecule has 0 aromatic heterocycles. The Morgan fingerprint density at radius 2 is 2.00 bits per heavy atom. The molecule has 4 nitrogen and oxygen atoms in total. The normalized spacial score (nSPS) is 23.4. The molecule has 19 heavy (non-hydrogen) atoms. The number of benzene rings is 1. The van der Waals surface area contributed by atoms with E-state index in [1.807, 2.05) is 43.9 Å². The molecule has 1 aliphatic rings. The van der Waals surface area contributed by atoms with E-state index in [-0.39, 0.29) is 18.1 Å². The van der Waals surface area contributed by atoms with E-state index in [1.54, 1.807) is 0 Å². The quantitative estimate of drug-likeness (QED) is 0.826. The number of morpholine rings is 1. The van der Waals surface area contributed by atoms with Gasteiger partial charge in [-0.25, -0.2) is 0 Å². The Bertz CT molecular complexity index is 463. The van der Waals surface area contributed by atoms with Crippen LogP contribution in [-0.4, -0.2) is 36.1 Å². The maximum atomic E-state index is 12.3. The van der Waals surface area contributed by atoms with Gasteiger partial charge in [-0.1, -0.05) is 12.1 Å². The first kappa shape index (κ1) is 13.9. The first-order chi connectivity index (χ1) is 8.95. The van der Waals surface area contributed by atoms with Gasteiger partial charge < -0.3 is 15.4 Å². The topological polar surface area (TPSA) is 55.6 Å². The van der Waals surface area contributed by atoms with Gasteiger partial charge in [0.1, 0.15) is 0 Å². The molecule has 0 saturated carbocycles. The number of hydrogen-bond acceptors (Lipinski definition) is 3. The van der Waals surface area contributed by atoms with Gasteiger partial charge in [0.25, 0.3) is 0 Å². The molecule has 104 valence electrons. The number of nitrogen functional groups attached to an aromatic ring is 1. The van der Waals surface area contributed by atoms with E-state index in [2.05, 4.69) is 0 Å². The molecule has 1 amide bonds. The maximum Gasteiger partial charge on any atom is 0.227 e. The molecular formula is C15H22N2O2. The molecule has 1 heterocycles. The third-order valence-electron chi connectivity index (χ3n) is 3.42. The summed E-state index contributed by atoms with van der Waals surface area (Å²) in [6.45, 7) is 7.31. The van der Waals surface area contributed by atoms with Crippen LogP contribution in [0.4, 0.5) is 5.69 Å². The van der Waals surface area contributed by atoms with Crippen LogP contribution < -0.4 is 5.73 Å². The van der Waals surface area contributed by atoms with Crippen LogP contribution in [0.1, 0.15) is 25.0 Å². The molecule has 1 aromatic carbocycles. The van der Waals surface area contributed by atoms with E-state index in [0.29, 0.717) is 25.2 Å². The third kappa shape index (κ3) is 3.47. The second-order valence-electron chi connectivity index (χ2n) is 5.44. The molecule has 0 aliphatic carbocycles. The Morgan fingerprint density at radius 3 is 2.58 bits per heavy atom. The van der Waals surface area contributed by atoms with Crippen LogP contribution in [0, 0.1) is 6.92 Å². The van der Waals surface area contributed by atoms with Crippen molar-refractivity contribution in [3.8, 4) is 0 Å². The van der Waals surface area contributed by atoms with Crippen LogP contribution in [-0.2, 0) is 16.0 Å². The number of carbonyl (C=O) groups is 1. The third-order valence-corrected chi connectivity index (χ3v) is 3.42. The van der Waals surface area contributed by atoms with Gasteiger partial charge in [-0.15, -0.1) is 0 Å². The van der Waals surface area contributed by atoms with E-state index in [0.717, 1.165) is 11.1 Å². The second-order valence-corrected chi connectivity index (χ2v) is 5.44. The van der Waals surface area contributed by atoms with Gasteiger partial charge >= 0.3 is 0 Å². The van der Waals surface area contributed by atoms with Crippen molar-refractivity contribution < 1.29 is 9.53 Å². The average Bonchev–Trinajstić information content (AvgIpc) is 2.31. The van der Waals surface area contributed by atoms with Crippen molar-refractivity contribution in [3.05, 3.63) is 29.3 Å². The van der Waals surface area contributed by atoms with Crippen molar-refractivity contribution in [1.82, 2.24) is 4.90 Å². The minimum absolute atomic E-state index is 0.100. The summed E-state index contributed by atoms with van der Waals surface area (Å²) in [6.07, 6.45) is 0.567. The Morgan fingerprint density at radius 1 is 1.37 bits per heavy atom. The minimum atomic E-state index is 0.100. The Labute approximate surface area is 114 Å². The highest BCUT2D eigenvalue weighted by atomic mass is 16.5. The molecule has 2 N–H and O–H groups in total. The number of nitrogens with two attached hydrogens (primary N) is 1. The summed E-state index contributed by atoms with van der Waals surface area (Å²) in [5, 5.41) is 0. The van der Waals surface area contributed by atoms with Crippen molar-refractivity contribution in [2.75, 3.05) is 18.8 Å². The largest absolute Gasteiger partial charge is 0.398 e. The first-order valence-corrected chi connectivity index (χ1v) is 6.74. The van der Waals surface area contributed by atoms with E-state index < -0.39 is 0 Å². The van der Waals surface area contributed by atoms with Gasteiger partial charge in [0, 0.05) is 18.8 Å². The monoisotopic (exact) mass is 262 g/mol. The molecule has 0 bridgehead atoms. The highest BCUT2D eigenvalue weighted by molar-refractivity contribution is 5.80. The maximum absolute atomic E-state index is 12.3. The molecule has 1 aliphatic heterocycles. The summed E-state index contributed by atoms with van der Waals surface area (Å²) in [4.78, 5) is 14.2. The lowest BCUT2D eigenvalue weighted by atomic mass is 10.1. The smallest absolute Gasteiger partial charge is 0.227 e. The van der Waals surface area contributed by atoms with Crippen LogP contribution >= 0.6 is 0 Å². The molecule has 1 saturated heterocycles. The van der Waals surface area contributed by atoms with Gasteiger partial charge in [-0.2, -0.15) is 0 Å². The Balaban J connectivity index is 2.04. The highest BCUT2D eigenvalue weighted by Gasteiger charge is 2.25. The lowest BCUT2D eigenvalue weighted by molar-refractivity contribution is -0.142. The number of ether oxygens (including phenoxy) is 1. The van der Waals surface area contributed by atoms with Gasteiger partial charge in [0.05, 0.1) is 18.6 Å². The summed E-state index contributed by atoms with van der Waals surface area (Å²) in [6, 6.07) is 5.84. The first-order valence-electron chi connectivity index (χ1n) is 6.74. The molecular weight excluding hydrogens is 240 g/mol. The van der Waals surface area contributed by atoms with Gasteiger partial charge in [0.2, 0.25) is 5.91 Å². The highest BCUT2D eigenvalue weighted by Crippen LogP contribution is 2.17. The minimum Gasteiger partial charge on any atom is -0.398 e. The fourth-order valence-electron chi connectivity index (χ4n) is 2.53. The summed E-state index contributed by atoms with van der Waals surface area (Å²) < 4.78 is 5.64. The van der Waals surface area contributed by atoms with Gasteiger partial charge in [-0.3, -0.25) is 4.79 Å². The van der Waals surface area contributed by atoms with Crippen LogP contribution in [0.3, 0.4) is 0 Å². The van der Waals surface area contributed by atoms with Crippen LogP contribution in [0.5, 0.6) is 0 Å². The zero-order valence-electron chi connectivity index (χ0n) is 11.8. The van der Waals surface area contributed by atoms with Crippen molar-refractivity contribution in [3.63, 3.8) is 0 Å². The van der Waals surface area contributed by atoms with Crippen LogP contribution in [0.2, 0.25) is 0 Å². The van der Waals surface area contributed by atoms with Crippen LogP contribution in [0.25, 0.3) is 0 Å². The summed E-state index contributed by atoms with van der Waals surface area (Å²) in [5.74, 6) is 0.123. The number of carbonyl (C=O) groups excluding carboxylic acids is 1. The number of hydrogen-bond donors (Lipinski definition) is 1. The van der Waals surface area contributed by atoms with E-state index >= 15 is 0 Å². The molecule has 2 atom stereocenters. The zero-order valence-corrected chi connectivity index (χ0v) is 11.8. The number of anilines is 1. The van der Waals surface area contributed by atoms with E-state index in [9.17, 15) is 4.79 Å². The van der Waals surface area contributed by atoms with Gasteiger partial charge in [0.15, 0.2) is 0 Å². The zero-order chi connectivity index (χ0) is 14.0. The summed E-state index contributed by atoms with van der Waals surface area (Å²) >= 11 is 0. The Hall–Kier alpha value is -1.55. The molecule has 2 rings (SSSR count). The second kappa shape index (κ2) is 5.61. The lowest BCUT2D eigenvalue weighted by Gasteiger charge is -2.35.